The van der Waals surface area contributed by atoms with E-state index in [0.717, 1.165) is 5.75 Å². The third-order valence-electron chi connectivity index (χ3n) is 4.44. The molecule has 2 rings (SSSR count). The van der Waals surface area contributed by atoms with Crippen LogP contribution in [-0.2, 0) is 14.9 Å². The fourth-order valence-electron chi connectivity index (χ4n) is 2.64. The van der Waals surface area contributed by atoms with Gasteiger partial charge in [-0.2, -0.15) is 0 Å². The Balaban J connectivity index is 1.82. The number of nitrogens with two attached hydrogens (primary N) is 1. The van der Waals surface area contributed by atoms with Gasteiger partial charge in [0.15, 0.2) is 0 Å². The van der Waals surface area contributed by atoms with Crippen LogP contribution in [0.25, 0.3) is 0 Å². The maximum atomic E-state index is 12.3. The molecule has 3 N–H and O–H groups in total. The van der Waals surface area contributed by atoms with Gasteiger partial charge in [0.25, 0.3) is 0 Å². The Kier molecular flexibility index (Phi) is 5.88. The van der Waals surface area contributed by atoms with Crippen LogP contribution in [-0.4, -0.2) is 37.3 Å². The van der Waals surface area contributed by atoms with Crippen LogP contribution in [0.5, 0.6) is 5.75 Å². The zero-order valence-corrected chi connectivity index (χ0v) is 15.2. The van der Waals surface area contributed by atoms with Crippen molar-refractivity contribution in [3.05, 3.63) is 29.8 Å². The van der Waals surface area contributed by atoms with Gasteiger partial charge < -0.3 is 20.5 Å². The fourth-order valence-corrected chi connectivity index (χ4v) is 2.64. The summed E-state index contributed by atoms with van der Waals surface area (Å²) < 4.78 is 11.1. The molecule has 1 aromatic rings. The van der Waals surface area contributed by atoms with Crippen molar-refractivity contribution >= 4 is 5.91 Å². The van der Waals surface area contributed by atoms with E-state index in [1.165, 1.54) is 5.56 Å². The summed E-state index contributed by atoms with van der Waals surface area (Å²) in [4.78, 5) is 12.3. The third-order valence-corrected chi connectivity index (χ3v) is 4.44. The molecule has 5 nitrogen and oxygen atoms in total. The number of rotatable bonds is 5. The van der Waals surface area contributed by atoms with Crippen LogP contribution in [0.4, 0.5) is 0 Å². The normalized spacial score (nSPS) is 18.7. The van der Waals surface area contributed by atoms with Crippen LogP contribution >= 0.6 is 0 Å². The van der Waals surface area contributed by atoms with Crippen LogP contribution < -0.4 is 15.8 Å². The van der Waals surface area contributed by atoms with Crippen molar-refractivity contribution in [1.82, 2.24) is 5.32 Å². The Hall–Kier alpha value is -1.59. The molecule has 1 aliphatic rings. The second-order valence-corrected chi connectivity index (χ2v) is 7.73. The highest BCUT2D eigenvalue weighted by molar-refractivity contribution is 5.86. The first kappa shape index (κ1) is 18.7. The Morgan fingerprint density at radius 3 is 2.42 bits per heavy atom. The molecule has 1 fully saturated rings. The molecule has 0 spiro atoms. The molecule has 0 radical (unpaired) electrons. The highest BCUT2D eigenvalue weighted by atomic mass is 16.5. The summed E-state index contributed by atoms with van der Waals surface area (Å²) in [5.41, 5.74) is 6.75. The minimum atomic E-state index is -0.819. The van der Waals surface area contributed by atoms with Gasteiger partial charge in [-0.25, -0.2) is 0 Å². The lowest BCUT2D eigenvalue weighted by Gasteiger charge is -2.32. The van der Waals surface area contributed by atoms with E-state index in [-0.39, 0.29) is 17.4 Å². The van der Waals surface area contributed by atoms with Gasteiger partial charge in [0.1, 0.15) is 12.4 Å². The van der Waals surface area contributed by atoms with E-state index in [0.29, 0.717) is 32.7 Å². The molecule has 0 aromatic heterocycles. The molecular formula is C19H30N2O3. The summed E-state index contributed by atoms with van der Waals surface area (Å²) >= 11 is 0. The lowest BCUT2D eigenvalue weighted by Crippen LogP contribution is -2.58. The Bertz CT molecular complexity index is 543. The molecule has 1 heterocycles. The van der Waals surface area contributed by atoms with Crippen LogP contribution in [0.1, 0.15) is 46.1 Å². The summed E-state index contributed by atoms with van der Waals surface area (Å²) in [5, 5.41) is 2.95. The van der Waals surface area contributed by atoms with Crippen LogP contribution in [0.15, 0.2) is 24.3 Å². The van der Waals surface area contributed by atoms with Crippen molar-refractivity contribution in [2.45, 2.75) is 57.5 Å². The van der Waals surface area contributed by atoms with E-state index in [4.69, 9.17) is 15.2 Å². The number of hydrogen-bond donors (Lipinski definition) is 2. The number of amides is 1. The van der Waals surface area contributed by atoms with Crippen LogP contribution in [0.2, 0.25) is 0 Å². The zero-order chi connectivity index (χ0) is 17.8. The third kappa shape index (κ3) is 4.95. The molecule has 1 amide bonds. The maximum absolute atomic E-state index is 12.3. The van der Waals surface area contributed by atoms with Gasteiger partial charge in [0, 0.05) is 13.2 Å². The lowest BCUT2D eigenvalue weighted by molar-refractivity contribution is -0.130. The Labute approximate surface area is 144 Å². The number of hydrogen-bond acceptors (Lipinski definition) is 4. The molecule has 1 atom stereocenters. The van der Waals surface area contributed by atoms with Gasteiger partial charge in [0.05, 0.1) is 11.6 Å². The highest BCUT2D eigenvalue weighted by Gasteiger charge is 2.36. The molecule has 1 aliphatic heterocycles. The van der Waals surface area contributed by atoms with E-state index in [2.05, 4.69) is 38.2 Å². The average Bonchev–Trinajstić information content (AvgIpc) is 2.53. The summed E-state index contributed by atoms with van der Waals surface area (Å²) in [6.07, 6.45) is 1.11. The maximum Gasteiger partial charge on any atom is 0.240 e. The molecule has 5 heteroatoms. The van der Waals surface area contributed by atoms with Crippen molar-refractivity contribution in [1.29, 1.82) is 0 Å². The Morgan fingerprint density at radius 1 is 1.29 bits per heavy atom. The monoisotopic (exact) mass is 334 g/mol. The van der Waals surface area contributed by atoms with Gasteiger partial charge in [-0.3, -0.25) is 4.79 Å². The van der Waals surface area contributed by atoms with Crippen molar-refractivity contribution in [3.63, 3.8) is 0 Å². The second-order valence-electron chi connectivity index (χ2n) is 7.73. The van der Waals surface area contributed by atoms with E-state index in [1.54, 1.807) is 0 Å². The molecule has 1 aromatic carbocycles. The van der Waals surface area contributed by atoms with Crippen molar-refractivity contribution in [3.8, 4) is 5.75 Å². The van der Waals surface area contributed by atoms with E-state index >= 15 is 0 Å². The zero-order valence-electron chi connectivity index (χ0n) is 15.2. The predicted octanol–water partition coefficient (Wildman–Crippen LogP) is 2.38. The van der Waals surface area contributed by atoms with Gasteiger partial charge in [-0.05, 0) is 42.9 Å². The van der Waals surface area contributed by atoms with Crippen LogP contribution in [0.3, 0.4) is 0 Å². The Morgan fingerprint density at radius 2 is 1.88 bits per heavy atom. The molecule has 0 saturated carbocycles. The van der Waals surface area contributed by atoms with Crippen LogP contribution in [0, 0.1) is 0 Å². The number of carbonyl (C=O) groups is 1. The number of benzene rings is 1. The fraction of sp³-hybridized carbons (Fsp3) is 0.632. The van der Waals surface area contributed by atoms with E-state index < -0.39 is 5.54 Å². The van der Waals surface area contributed by atoms with Crippen molar-refractivity contribution in [2.75, 3.05) is 19.8 Å². The highest BCUT2D eigenvalue weighted by Crippen LogP contribution is 2.24. The molecule has 134 valence electrons. The van der Waals surface area contributed by atoms with Crippen molar-refractivity contribution in [2.24, 2.45) is 5.73 Å². The van der Waals surface area contributed by atoms with Gasteiger partial charge in [0.2, 0.25) is 5.91 Å². The molecule has 1 unspecified atom stereocenters. The molecule has 0 bridgehead atoms. The first-order valence-corrected chi connectivity index (χ1v) is 8.62. The summed E-state index contributed by atoms with van der Waals surface area (Å²) in [7, 11) is 0. The molecular weight excluding hydrogens is 304 g/mol. The molecule has 0 aliphatic carbocycles. The largest absolute Gasteiger partial charge is 0.491 e. The second kappa shape index (κ2) is 7.53. The average molecular weight is 334 g/mol. The minimum Gasteiger partial charge on any atom is -0.491 e. The first-order valence-electron chi connectivity index (χ1n) is 8.62. The number of carbonyl (C=O) groups excluding carboxylic acids is 1. The predicted molar refractivity (Wildman–Crippen MR) is 95.2 cm³/mol. The van der Waals surface area contributed by atoms with E-state index in [1.807, 2.05) is 19.1 Å². The van der Waals surface area contributed by atoms with Gasteiger partial charge in [-0.15, -0.1) is 0 Å². The standard InChI is InChI=1S/C19H30N2O3/c1-14(21-17(22)19(20)9-11-23-12-10-19)13-24-16-7-5-15(6-8-16)18(2,3)4/h5-8,14H,9-13,20H2,1-4H3,(H,21,22). The van der Waals surface area contributed by atoms with E-state index in [9.17, 15) is 4.79 Å². The topological polar surface area (TPSA) is 73.6 Å². The van der Waals surface area contributed by atoms with Gasteiger partial charge >= 0.3 is 0 Å². The molecule has 1 saturated heterocycles. The van der Waals surface area contributed by atoms with Crippen molar-refractivity contribution < 1.29 is 14.3 Å². The molecule has 24 heavy (non-hydrogen) atoms. The summed E-state index contributed by atoms with van der Waals surface area (Å²) in [6.45, 7) is 9.94. The lowest BCUT2D eigenvalue weighted by atomic mass is 9.87. The summed E-state index contributed by atoms with van der Waals surface area (Å²) in [5.74, 6) is 0.683. The SMILES string of the molecule is CC(COc1ccc(C(C)(C)C)cc1)NC(=O)C1(N)CCOCC1. The minimum absolute atomic E-state index is 0.108. The first-order chi connectivity index (χ1) is 11.2. The quantitative estimate of drug-likeness (QED) is 0.867. The number of nitrogens with one attached hydrogen (secondary N) is 1. The van der Waals surface area contributed by atoms with Gasteiger partial charge in [-0.1, -0.05) is 32.9 Å². The number of ether oxygens (including phenoxy) is 2. The summed E-state index contributed by atoms with van der Waals surface area (Å²) in [6, 6.07) is 7.99. The smallest absolute Gasteiger partial charge is 0.240 e.